The molecule has 0 aliphatic carbocycles. The summed E-state index contributed by atoms with van der Waals surface area (Å²) in [7, 11) is 0. The molecule has 0 unspecified atom stereocenters. The van der Waals surface area contributed by atoms with Gasteiger partial charge in [-0.15, -0.1) is 0 Å². The van der Waals surface area contributed by atoms with Gasteiger partial charge in [-0.05, 0) is 32.4 Å². The molecule has 1 aliphatic rings. The van der Waals surface area contributed by atoms with Crippen molar-refractivity contribution < 1.29 is 9.53 Å². The van der Waals surface area contributed by atoms with Crippen LogP contribution in [0.1, 0.15) is 33.3 Å². The van der Waals surface area contributed by atoms with E-state index in [1.54, 1.807) is 11.1 Å². The molecule has 1 fully saturated rings. The Morgan fingerprint density at radius 1 is 1.35 bits per heavy atom. The van der Waals surface area contributed by atoms with Crippen molar-refractivity contribution in [1.29, 1.82) is 0 Å². The van der Waals surface area contributed by atoms with Crippen LogP contribution in [0.4, 0.5) is 10.6 Å². The maximum Gasteiger partial charge on any atom is 0.416 e. The predicted molar refractivity (Wildman–Crippen MR) is 68.2 cm³/mol. The summed E-state index contributed by atoms with van der Waals surface area (Å²) in [6, 6.07) is 3.76. The molecule has 1 aromatic heterocycles. The number of hydrogen-bond acceptors (Lipinski definition) is 3. The summed E-state index contributed by atoms with van der Waals surface area (Å²) in [6.45, 7) is 10.3. The number of hydrogen-bond donors (Lipinski definition) is 0. The first-order valence-corrected chi connectivity index (χ1v) is 5.91. The zero-order valence-electron chi connectivity index (χ0n) is 11.2. The number of ether oxygens (including phenoxy) is 1. The van der Waals surface area contributed by atoms with Crippen LogP contribution in [0.5, 0.6) is 0 Å². The Balaban J connectivity index is 0.000000686. The molecule has 17 heavy (non-hydrogen) atoms. The van der Waals surface area contributed by atoms with Crippen molar-refractivity contribution in [3.63, 3.8) is 0 Å². The first kappa shape index (κ1) is 13.5. The third-order valence-electron chi connectivity index (χ3n) is 2.30. The number of nitrogens with zero attached hydrogens (tertiary/aromatic N) is 2. The van der Waals surface area contributed by atoms with Crippen LogP contribution in [0.2, 0.25) is 0 Å². The van der Waals surface area contributed by atoms with Crippen molar-refractivity contribution in [2.24, 2.45) is 0 Å². The van der Waals surface area contributed by atoms with Gasteiger partial charge in [-0.25, -0.2) is 9.78 Å². The summed E-state index contributed by atoms with van der Waals surface area (Å²) < 4.78 is 5.19. The van der Waals surface area contributed by atoms with E-state index in [9.17, 15) is 4.79 Å². The Kier molecular flexibility index (Phi) is 4.10. The van der Waals surface area contributed by atoms with E-state index in [0.29, 0.717) is 12.4 Å². The van der Waals surface area contributed by atoms with E-state index in [1.807, 2.05) is 46.8 Å². The largest absolute Gasteiger partial charge is 0.441 e. The second-order valence-corrected chi connectivity index (χ2v) is 4.41. The average Bonchev–Trinajstić information content (AvgIpc) is 2.56. The highest BCUT2D eigenvalue weighted by molar-refractivity contribution is 5.88. The van der Waals surface area contributed by atoms with E-state index in [-0.39, 0.29) is 6.09 Å². The van der Waals surface area contributed by atoms with E-state index in [1.165, 1.54) is 0 Å². The van der Waals surface area contributed by atoms with Crippen LogP contribution in [0.15, 0.2) is 18.3 Å². The Bertz CT molecular complexity index is 385. The fourth-order valence-electron chi connectivity index (χ4n) is 1.56. The highest BCUT2D eigenvalue weighted by atomic mass is 16.6. The molecule has 0 atom stereocenters. The minimum absolute atomic E-state index is 0.323. The number of aryl methyl sites for hydroxylation is 1. The molecule has 0 N–H and O–H groups in total. The number of anilines is 1. The summed E-state index contributed by atoms with van der Waals surface area (Å²) in [6.07, 6.45) is 1.42. The number of carbonyl (C=O) groups excluding carboxylic acids is 1. The highest BCUT2D eigenvalue weighted by Gasteiger charge is 2.38. The molecule has 1 saturated heterocycles. The number of pyridine rings is 1. The van der Waals surface area contributed by atoms with Crippen molar-refractivity contribution in [2.75, 3.05) is 11.4 Å². The Morgan fingerprint density at radius 3 is 2.41 bits per heavy atom. The summed E-state index contributed by atoms with van der Waals surface area (Å²) in [4.78, 5) is 17.3. The normalized spacial score (nSPS) is 17.2. The minimum Gasteiger partial charge on any atom is -0.441 e. The van der Waals surface area contributed by atoms with E-state index < -0.39 is 5.60 Å². The lowest BCUT2D eigenvalue weighted by Gasteiger charge is -2.14. The van der Waals surface area contributed by atoms with Crippen LogP contribution in [-0.4, -0.2) is 23.2 Å². The lowest BCUT2D eigenvalue weighted by Crippen LogP contribution is -2.28. The highest BCUT2D eigenvalue weighted by Crippen LogP contribution is 2.25. The summed E-state index contributed by atoms with van der Waals surface area (Å²) >= 11 is 0. The molecule has 0 aromatic carbocycles. The number of rotatable bonds is 1. The van der Waals surface area contributed by atoms with Crippen LogP contribution in [0.25, 0.3) is 0 Å². The molecule has 4 nitrogen and oxygen atoms in total. The number of aromatic nitrogens is 1. The van der Waals surface area contributed by atoms with Crippen molar-refractivity contribution in [1.82, 2.24) is 4.98 Å². The van der Waals surface area contributed by atoms with Crippen molar-refractivity contribution in [3.8, 4) is 0 Å². The number of amides is 1. The zero-order valence-corrected chi connectivity index (χ0v) is 11.2. The Labute approximate surface area is 103 Å². The van der Waals surface area contributed by atoms with Gasteiger partial charge >= 0.3 is 6.09 Å². The molecular weight excluding hydrogens is 216 g/mol. The van der Waals surface area contributed by atoms with Gasteiger partial charge in [0, 0.05) is 6.20 Å². The first-order valence-electron chi connectivity index (χ1n) is 5.91. The molecule has 0 spiro atoms. The van der Waals surface area contributed by atoms with E-state index in [2.05, 4.69) is 4.98 Å². The molecule has 0 bridgehead atoms. The van der Waals surface area contributed by atoms with Crippen molar-refractivity contribution >= 4 is 11.9 Å². The van der Waals surface area contributed by atoms with Gasteiger partial charge in [-0.3, -0.25) is 4.90 Å². The average molecular weight is 236 g/mol. The van der Waals surface area contributed by atoms with Crippen LogP contribution in [0.3, 0.4) is 0 Å². The molecule has 1 aromatic rings. The molecule has 0 radical (unpaired) electrons. The number of cyclic esters (lactones) is 1. The van der Waals surface area contributed by atoms with Crippen LogP contribution in [0, 0.1) is 6.92 Å². The lowest BCUT2D eigenvalue weighted by molar-refractivity contribution is 0.0871. The minimum atomic E-state index is -0.427. The molecule has 94 valence electrons. The SMILES string of the molecule is CC.Cc1ccc(N2CC(C)(C)OC2=O)nc1. The number of carbonyl (C=O) groups is 1. The summed E-state index contributed by atoms with van der Waals surface area (Å²) in [5.41, 5.74) is 0.648. The van der Waals surface area contributed by atoms with Gasteiger partial charge in [0.1, 0.15) is 11.4 Å². The standard InChI is InChI=1S/C11H14N2O2.C2H6/c1-8-4-5-9(12-6-8)13-7-11(2,3)15-10(13)14;1-2/h4-6H,7H2,1-3H3;1-2H3. The van der Waals surface area contributed by atoms with Crippen LogP contribution < -0.4 is 4.90 Å². The first-order chi connectivity index (χ1) is 7.98. The fraction of sp³-hybridized carbons (Fsp3) is 0.538. The van der Waals surface area contributed by atoms with E-state index >= 15 is 0 Å². The monoisotopic (exact) mass is 236 g/mol. The van der Waals surface area contributed by atoms with E-state index in [0.717, 1.165) is 5.56 Å². The van der Waals surface area contributed by atoms with Gasteiger partial charge < -0.3 is 4.74 Å². The maximum atomic E-state index is 11.5. The Morgan fingerprint density at radius 2 is 2.00 bits per heavy atom. The topological polar surface area (TPSA) is 42.4 Å². The van der Waals surface area contributed by atoms with Gasteiger partial charge in [-0.1, -0.05) is 19.9 Å². The zero-order chi connectivity index (χ0) is 13.1. The van der Waals surface area contributed by atoms with Gasteiger partial charge in [0.15, 0.2) is 0 Å². The van der Waals surface area contributed by atoms with Crippen LogP contribution >= 0.6 is 0 Å². The molecule has 2 heterocycles. The van der Waals surface area contributed by atoms with Gasteiger partial charge in [-0.2, -0.15) is 0 Å². The summed E-state index contributed by atoms with van der Waals surface area (Å²) in [5, 5.41) is 0. The Hall–Kier alpha value is -1.58. The van der Waals surface area contributed by atoms with Crippen molar-refractivity contribution in [3.05, 3.63) is 23.9 Å². The van der Waals surface area contributed by atoms with Crippen LogP contribution in [-0.2, 0) is 4.74 Å². The molecular formula is C13H20N2O2. The van der Waals surface area contributed by atoms with Gasteiger partial charge in [0.2, 0.25) is 0 Å². The predicted octanol–water partition coefficient (Wildman–Crippen LogP) is 3.15. The third-order valence-corrected chi connectivity index (χ3v) is 2.30. The second-order valence-electron chi connectivity index (χ2n) is 4.41. The smallest absolute Gasteiger partial charge is 0.416 e. The van der Waals surface area contributed by atoms with Crippen molar-refractivity contribution in [2.45, 2.75) is 40.2 Å². The van der Waals surface area contributed by atoms with E-state index in [4.69, 9.17) is 4.74 Å². The maximum absolute atomic E-state index is 11.5. The molecule has 1 amide bonds. The third kappa shape index (κ3) is 3.19. The second kappa shape index (κ2) is 5.17. The van der Waals surface area contributed by atoms with Gasteiger partial charge in [0.05, 0.1) is 6.54 Å². The quantitative estimate of drug-likeness (QED) is 0.752. The molecule has 0 saturated carbocycles. The summed E-state index contributed by atoms with van der Waals surface area (Å²) in [5.74, 6) is 0.649. The lowest BCUT2D eigenvalue weighted by atomic mass is 10.1. The molecule has 2 rings (SSSR count). The molecule has 1 aliphatic heterocycles. The fourth-order valence-corrected chi connectivity index (χ4v) is 1.56. The molecule has 4 heteroatoms. The van der Waals surface area contributed by atoms with Gasteiger partial charge in [0.25, 0.3) is 0 Å².